The van der Waals surface area contributed by atoms with E-state index in [-0.39, 0.29) is 10.7 Å². The number of amidine groups is 1. The van der Waals surface area contributed by atoms with Crippen molar-refractivity contribution in [1.82, 2.24) is 0 Å². The Hall–Kier alpha value is -3.89. The van der Waals surface area contributed by atoms with E-state index in [1.54, 1.807) is 42.5 Å². The molecule has 0 radical (unpaired) electrons. The molecule has 0 unspecified atom stereocenters. The lowest BCUT2D eigenvalue weighted by Gasteiger charge is -2.24. The lowest BCUT2D eigenvalue weighted by molar-refractivity contribution is 0.209. The van der Waals surface area contributed by atoms with E-state index in [0.717, 1.165) is 11.3 Å². The van der Waals surface area contributed by atoms with E-state index in [0.29, 0.717) is 22.9 Å². The van der Waals surface area contributed by atoms with Gasteiger partial charge in [-0.2, -0.15) is 0 Å². The van der Waals surface area contributed by atoms with Gasteiger partial charge in [-0.25, -0.2) is 18.4 Å². The molecule has 0 saturated heterocycles. The topological polar surface area (TPSA) is 171 Å². The first kappa shape index (κ1) is 26.7. The Bertz CT molecular complexity index is 1300. The average Bonchev–Trinajstić information content (AvgIpc) is 2.85. The van der Waals surface area contributed by atoms with Crippen LogP contribution in [0.5, 0.6) is 0 Å². The van der Waals surface area contributed by atoms with Gasteiger partial charge in [0.15, 0.2) is 0 Å². The predicted octanol–water partition coefficient (Wildman–Crippen LogP) is 4.81. The van der Waals surface area contributed by atoms with Gasteiger partial charge in [0, 0.05) is 28.5 Å². The number of amides is 1. The molecule has 0 atom stereocenters. The van der Waals surface area contributed by atoms with E-state index in [1.165, 1.54) is 38.2 Å². The number of rotatable bonds is 6. The van der Waals surface area contributed by atoms with Crippen LogP contribution in [0.1, 0.15) is 37.7 Å². The lowest BCUT2D eigenvalue weighted by Crippen LogP contribution is -2.22. The Morgan fingerprint density at radius 3 is 2.19 bits per heavy atom. The van der Waals surface area contributed by atoms with Gasteiger partial charge in [0.1, 0.15) is 5.84 Å². The standard InChI is InChI=1S/C13H19N3.C13H12N2O4S/c14-13(15)10-5-4-8-12(9-10)16-11-6-2-1-3-7-11;14-20(18,19)12-4-2-1-3-11(12)9-5-7-10(8-6-9)15-13(16)17/h4-5,8-9,11,16H,1-3,6-7H2,(H3,14,15);1-8,15H,(H,16,17)(H2,14,18,19). The van der Waals surface area contributed by atoms with Crippen LogP contribution in [0, 0.1) is 5.41 Å². The number of nitrogens with one attached hydrogen (secondary N) is 3. The maximum atomic E-state index is 11.5. The summed E-state index contributed by atoms with van der Waals surface area (Å²) in [4.78, 5) is 10.5. The third kappa shape index (κ3) is 7.82. The molecule has 190 valence electrons. The number of anilines is 2. The Morgan fingerprint density at radius 2 is 1.58 bits per heavy atom. The van der Waals surface area contributed by atoms with Crippen molar-refractivity contribution in [2.24, 2.45) is 10.9 Å². The fraction of sp³-hybridized carbons (Fsp3) is 0.231. The molecule has 8 N–H and O–H groups in total. The average molecular weight is 510 g/mol. The first-order valence-corrected chi connectivity index (χ1v) is 13.1. The van der Waals surface area contributed by atoms with Crippen LogP contribution in [0.15, 0.2) is 77.7 Å². The van der Waals surface area contributed by atoms with E-state index in [2.05, 4.69) is 10.6 Å². The van der Waals surface area contributed by atoms with Crippen molar-refractivity contribution in [3.05, 3.63) is 78.4 Å². The molecule has 0 spiro atoms. The van der Waals surface area contributed by atoms with Crippen LogP contribution in [0.4, 0.5) is 16.2 Å². The summed E-state index contributed by atoms with van der Waals surface area (Å²) in [7, 11) is -3.82. The summed E-state index contributed by atoms with van der Waals surface area (Å²) in [6, 6.07) is 21.1. The molecule has 0 heterocycles. The summed E-state index contributed by atoms with van der Waals surface area (Å²) in [5.41, 5.74) is 8.84. The monoisotopic (exact) mass is 509 g/mol. The van der Waals surface area contributed by atoms with Crippen molar-refractivity contribution in [3.8, 4) is 11.1 Å². The highest BCUT2D eigenvalue weighted by Gasteiger charge is 2.15. The number of nitrogen functional groups attached to an aromatic ring is 1. The van der Waals surface area contributed by atoms with E-state index < -0.39 is 16.1 Å². The zero-order chi connectivity index (χ0) is 26.1. The van der Waals surface area contributed by atoms with Gasteiger partial charge < -0.3 is 16.2 Å². The van der Waals surface area contributed by atoms with Crippen LogP contribution in [-0.2, 0) is 10.0 Å². The largest absolute Gasteiger partial charge is 0.465 e. The molecular formula is C26H31N5O4S. The van der Waals surface area contributed by atoms with Crippen molar-refractivity contribution in [2.45, 2.75) is 43.0 Å². The highest BCUT2D eigenvalue weighted by atomic mass is 32.2. The summed E-state index contributed by atoms with van der Waals surface area (Å²) in [6.45, 7) is 0. The summed E-state index contributed by atoms with van der Waals surface area (Å²) in [5.74, 6) is 0.132. The third-order valence-electron chi connectivity index (χ3n) is 5.79. The fourth-order valence-electron chi connectivity index (χ4n) is 4.07. The lowest BCUT2D eigenvalue weighted by atomic mass is 9.95. The molecule has 0 aromatic heterocycles. The van der Waals surface area contributed by atoms with Crippen LogP contribution in [0.3, 0.4) is 0 Å². The van der Waals surface area contributed by atoms with Crippen LogP contribution >= 0.6 is 0 Å². The Morgan fingerprint density at radius 1 is 0.917 bits per heavy atom. The zero-order valence-electron chi connectivity index (χ0n) is 19.8. The Labute approximate surface area is 211 Å². The zero-order valence-corrected chi connectivity index (χ0v) is 20.6. The quantitative estimate of drug-likeness (QED) is 0.206. The second-order valence-corrected chi connectivity index (χ2v) is 10.1. The molecule has 10 heteroatoms. The Kier molecular flexibility index (Phi) is 9.04. The highest BCUT2D eigenvalue weighted by Crippen LogP contribution is 2.27. The minimum Gasteiger partial charge on any atom is -0.465 e. The van der Waals surface area contributed by atoms with Gasteiger partial charge in [0.2, 0.25) is 10.0 Å². The molecule has 36 heavy (non-hydrogen) atoms. The summed E-state index contributed by atoms with van der Waals surface area (Å²) in [5, 5.41) is 26.9. The van der Waals surface area contributed by atoms with Crippen LogP contribution < -0.4 is 21.5 Å². The summed E-state index contributed by atoms with van der Waals surface area (Å²) in [6.07, 6.45) is 5.36. The van der Waals surface area contributed by atoms with E-state index in [4.69, 9.17) is 21.4 Å². The number of benzene rings is 3. The number of carboxylic acid groups (broad SMARTS) is 1. The first-order chi connectivity index (χ1) is 17.1. The number of carbonyl (C=O) groups is 1. The minimum absolute atomic E-state index is 0.0268. The minimum atomic E-state index is -3.82. The molecule has 1 amide bonds. The second kappa shape index (κ2) is 12.2. The molecule has 1 aliphatic carbocycles. The van der Waals surface area contributed by atoms with Gasteiger partial charge in [0.25, 0.3) is 0 Å². The van der Waals surface area contributed by atoms with Crippen LogP contribution in [-0.4, -0.2) is 31.5 Å². The van der Waals surface area contributed by atoms with E-state index in [9.17, 15) is 13.2 Å². The van der Waals surface area contributed by atoms with Gasteiger partial charge in [-0.15, -0.1) is 0 Å². The molecular weight excluding hydrogens is 478 g/mol. The number of hydrogen-bond donors (Lipinski definition) is 6. The van der Waals surface area contributed by atoms with Gasteiger partial charge >= 0.3 is 6.09 Å². The smallest absolute Gasteiger partial charge is 0.409 e. The third-order valence-corrected chi connectivity index (χ3v) is 6.76. The van der Waals surface area contributed by atoms with Crippen molar-refractivity contribution in [3.63, 3.8) is 0 Å². The molecule has 1 saturated carbocycles. The molecule has 1 aliphatic rings. The van der Waals surface area contributed by atoms with Crippen molar-refractivity contribution in [2.75, 3.05) is 10.6 Å². The predicted molar refractivity (Wildman–Crippen MR) is 143 cm³/mol. The number of primary sulfonamides is 1. The molecule has 0 bridgehead atoms. The van der Waals surface area contributed by atoms with Gasteiger partial charge in [-0.1, -0.05) is 61.7 Å². The first-order valence-electron chi connectivity index (χ1n) is 11.6. The summed E-state index contributed by atoms with van der Waals surface area (Å²) < 4.78 is 23.1. The number of hydrogen-bond acceptors (Lipinski definition) is 5. The maximum absolute atomic E-state index is 11.5. The van der Waals surface area contributed by atoms with Crippen molar-refractivity contribution < 1.29 is 18.3 Å². The van der Waals surface area contributed by atoms with E-state index in [1.807, 2.05) is 24.3 Å². The van der Waals surface area contributed by atoms with Gasteiger partial charge in [-0.05, 0) is 48.7 Å². The SMILES string of the molecule is N=C(N)c1cccc(NC2CCCCC2)c1.NS(=O)(=O)c1ccccc1-c1ccc(NC(=O)O)cc1. The molecule has 4 rings (SSSR count). The van der Waals surface area contributed by atoms with Gasteiger partial charge in [-0.3, -0.25) is 10.7 Å². The summed E-state index contributed by atoms with van der Waals surface area (Å²) >= 11 is 0. The maximum Gasteiger partial charge on any atom is 0.409 e. The number of sulfonamides is 1. The van der Waals surface area contributed by atoms with Crippen LogP contribution in [0.25, 0.3) is 11.1 Å². The molecule has 0 aliphatic heterocycles. The molecule has 9 nitrogen and oxygen atoms in total. The number of nitrogens with two attached hydrogens (primary N) is 2. The van der Waals surface area contributed by atoms with Crippen molar-refractivity contribution in [1.29, 1.82) is 5.41 Å². The Balaban J connectivity index is 0.000000205. The van der Waals surface area contributed by atoms with E-state index >= 15 is 0 Å². The van der Waals surface area contributed by atoms with Gasteiger partial charge in [0.05, 0.1) is 4.90 Å². The fourth-order valence-corrected chi connectivity index (χ4v) is 4.83. The highest BCUT2D eigenvalue weighted by molar-refractivity contribution is 7.89. The second-order valence-electron chi connectivity index (χ2n) is 8.52. The molecule has 3 aromatic carbocycles. The van der Waals surface area contributed by atoms with Crippen molar-refractivity contribution >= 4 is 33.3 Å². The van der Waals surface area contributed by atoms with Crippen LogP contribution in [0.2, 0.25) is 0 Å². The molecule has 3 aromatic rings. The normalized spacial score (nSPS) is 13.7. The molecule has 1 fully saturated rings.